The summed E-state index contributed by atoms with van der Waals surface area (Å²) in [5, 5.41) is 4.10. The molecule has 2 aromatic heterocycles. The molecule has 0 saturated heterocycles. The molecule has 5 rings (SSSR count). The number of nitrogens with zero attached hydrogens (tertiary/aromatic N) is 1. The highest BCUT2D eigenvalue weighted by Crippen LogP contribution is 2.34. The fourth-order valence-electron chi connectivity index (χ4n) is 5.55. The first-order valence-corrected chi connectivity index (χ1v) is 14.8. The predicted molar refractivity (Wildman–Crippen MR) is 149 cm³/mol. The number of aromatic amines is 1. The first kappa shape index (κ1) is 27.0. The average molecular weight is 549 g/mol. The Kier molecular flexibility index (Phi) is 7.81. The molecule has 3 N–H and O–H groups in total. The maximum absolute atomic E-state index is 14.2. The Bertz CT molecular complexity index is 1530. The molecule has 0 spiro atoms. The van der Waals surface area contributed by atoms with Crippen LogP contribution in [-0.4, -0.2) is 29.8 Å². The van der Waals surface area contributed by atoms with E-state index in [0.717, 1.165) is 66.4 Å². The normalized spacial score (nSPS) is 17.0. The second-order valence-electron chi connectivity index (χ2n) is 10.5. The summed E-state index contributed by atoms with van der Waals surface area (Å²) in [7, 11) is -4.16. The van der Waals surface area contributed by atoms with E-state index in [1.54, 1.807) is 19.3 Å². The minimum Gasteiger partial charge on any atom is -0.361 e. The van der Waals surface area contributed by atoms with Gasteiger partial charge in [0.15, 0.2) is 0 Å². The number of halogens is 1. The fourth-order valence-corrected chi connectivity index (χ4v) is 6.92. The predicted octanol–water partition coefficient (Wildman–Crippen LogP) is 5.42. The van der Waals surface area contributed by atoms with Crippen molar-refractivity contribution in [1.29, 1.82) is 0 Å². The van der Waals surface area contributed by atoms with Crippen molar-refractivity contribution in [2.45, 2.75) is 61.9 Å². The molecule has 4 aromatic rings. The largest absolute Gasteiger partial charge is 0.361 e. The number of sulfonamides is 1. The average Bonchev–Trinajstić information content (AvgIpc) is 3.34. The minimum atomic E-state index is -4.16. The molecule has 0 radical (unpaired) electrons. The lowest BCUT2D eigenvalue weighted by Crippen LogP contribution is -2.59. The van der Waals surface area contributed by atoms with Crippen LogP contribution in [0, 0.1) is 11.7 Å². The number of fused-ring (bicyclic) bond motifs is 1. The van der Waals surface area contributed by atoms with Crippen molar-refractivity contribution in [3.8, 4) is 0 Å². The number of carbonyl (C=O) groups is 1. The van der Waals surface area contributed by atoms with Crippen LogP contribution in [0.1, 0.15) is 56.3 Å². The third kappa shape index (κ3) is 6.04. The number of carbonyl (C=O) groups excluding carboxylic acids is 1. The number of amides is 1. The van der Waals surface area contributed by atoms with E-state index in [0.29, 0.717) is 0 Å². The van der Waals surface area contributed by atoms with Gasteiger partial charge in [-0.15, -0.1) is 0 Å². The number of benzene rings is 2. The summed E-state index contributed by atoms with van der Waals surface area (Å²) in [6, 6.07) is 17.5. The molecule has 0 aliphatic heterocycles. The van der Waals surface area contributed by atoms with Gasteiger partial charge in [0.25, 0.3) is 0 Å². The van der Waals surface area contributed by atoms with Crippen molar-refractivity contribution in [2.75, 3.05) is 0 Å². The lowest BCUT2D eigenvalue weighted by Gasteiger charge is -2.35. The standard InChI is InChI=1S/C30H33FN4O3S/c1-30(19-22-20-33-26-12-6-5-11-25(22)26,35-39(37,38)24-16-14-23(31)15-17-24)29(36)34-28(21-9-3-2-4-10-21)27-13-7-8-18-32-27/h5-8,11-18,20-21,28,33,35H,2-4,9-10,19H2,1H3,(H,34,36). The lowest BCUT2D eigenvalue weighted by molar-refractivity contribution is -0.127. The Morgan fingerprint density at radius 2 is 1.77 bits per heavy atom. The van der Waals surface area contributed by atoms with Gasteiger partial charge in [-0.1, -0.05) is 43.5 Å². The molecule has 1 saturated carbocycles. The number of hydrogen-bond donors (Lipinski definition) is 3. The number of nitrogens with one attached hydrogen (secondary N) is 3. The molecular weight excluding hydrogens is 515 g/mol. The number of pyridine rings is 1. The van der Waals surface area contributed by atoms with E-state index in [9.17, 15) is 17.6 Å². The smallest absolute Gasteiger partial charge is 0.241 e. The van der Waals surface area contributed by atoms with Crippen molar-refractivity contribution < 1.29 is 17.6 Å². The Hall–Kier alpha value is -3.56. The summed E-state index contributed by atoms with van der Waals surface area (Å²) < 4.78 is 43.2. The van der Waals surface area contributed by atoms with E-state index in [1.807, 2.05) is 42.5 Å². The summed E-state index contributed by atoms with van der Waals surface area (Å²) in [5.41, 5.74) is 0.899. The van der Waals surface area contributed by atoms with Gasteiger partial charge in [0, 0.05) is 29.7 Å². The number of H-pyrrole nitrogens is 1. The topological polar surface area (TPSA) is 104 Å². The molecule has 39 heavy (non-hydrogen) atoms. The van der Waals surface area contributed by atoms with Crippen LogP contribution in [0.5, 0.6) is 0 Å². The van der Waals surface area contributed by atoms with Gasteiger partial charge in [0.05, 0.1) is 16.6 Å². The Balaban J connectivity index is 1.51. The zero-order valence-corrected chi connectivity index (χ0v) is 22.7. The lowest BCUT2D eigenvalue weighted by atomic mass is 9.82. The number of hydrogen-bond acceptors (Lipinski definition) is 4. The SMILES string of the molecule is CC(Cc1c[nH]c2ccccc12)(NS(=O)(=O)c1ccc(F)cc1)C(=O)NC(c1ccccn1)C1CCCCC1. The molecule has 1 aliphatic rings. The maximum atomic E-state index is 14.2. The summed E-state index contributed by atoms with van der Waals surface area (Å²) in [6.45, 7) is 1.60. The van der Waals surface area contributed by atoms with Crippen LogP contribution in [0.4, 0.5) is 4.39 Å². The monoisotopic (exact) mass is 548 g/mol. The van der Waals surface area contributed by atoms with E-state index < -0.39 is 27.3 Å². The van der Waals surface area contributed by atoms with Gasteiger partial charge < -0.3 is 10.3 Å². The van der Waals surface area contributed by atoms with Crippen molar-refractivity contribution in [3.63, 3.8) is 0 Å². The molecule has 2 atom stereocenters. The molecule has 1 amide bonds. The van der Waals surface area contributed by atoms with Crippen LogP contribution in [0.15, 0.2) is 84.0 Å². The van der Waals surface area contributed by atoms with Crippen LogP contribution >= 0.6 is 0 Å². The molecule has 7 nitrogen and oxygen atoms in total. The number of aromatic nitrogens is 2. The molecular formula is C30H33FN4O3S. The van der Waals surface area contributed by atoms with Crippen LogP contribution in [0.3, 0.4) is 0 Å². The molecule has 1 fully saturated rings. The summed E-state index contributed by atoms with van der Waals surface area (Å²) in [5.74, 6) is -0.790. The molecule has 1 aliphatic carbocycles. The quantitative estimate of drug-likeness (QED) is 0.260. The van der Waals surface area contributed by atoms with Crippen LogP contribution < -0.4 is 10.0 Å². The van der Waals surface area contributed by atoms with Gasteiger partial charge in [-0.25, -0.2) is 12.8 Å². The van der Waals surface area contributed by atoms with E-state index in [4.69, 9.17) is 0 Å². The highest BCUT2D eigenvalue weighted by atomic mass is 32.2. The molecule has 2 heterocycles. The minimum absolute atomic E-state index is 0.100. The maximum Gasteiger partial charge on any atom is 0.241 e. The van der Waals surface area contributed by atoms with Crippen molar-refractivity contribution in [1.82, 2.24) is 20.0 Å². The van der Waals surface area contributed by atoms with Gasteiger partial charge in [0.1, 0.15) is 11.4 Å². The van der Waals surface area contributed by atoms with Gasteiger partial charge >= 0.3 is 0 Å². The van der Waals surface area contributed by atoms with E-state index >= 15 is 0 Å². The summed E-state index contributed by atoms with van der Waals surface area (Å²) >= 11 is 0. The first-order chi connectivity index (χ1) is 18.7. The molecule has 2 aromatic carbocycles. The first-order valence-electron chi connectivity index (χ1n) is 13.3. The summed E-state index contributed by atoms with van der Waals surface area (Å²) in [6.07, 6.45) is 8.85. The third-order valence-corrected chi connectivity index (χ3v) is 9.23. The second-order valence-corrected chi connectivity index (χ2v) is 12.2. The van der Waals surface area contributed by atoms with Crippen molar-refractivity contribution >= 4 is 26.8 Å². The number of para-hydroxylation sites is 1. The fraction of sp³-hybridized carbons (Fsp3) is 0.333. The summed E-state index contributed by atoms with van der Waals surface area (Å²) in [4.78, 5) is 21.8. The van der Waals surface area contributed by atoms with Crippen LogP contribution in [0.2, 0.25) is 0 Å². The Morgan fingerprint density at radius 1 is 1.05 bits per heavy atom. The van der Waals surface area contributed by atoms with Crippen LogP contribution in [0.25, 0.3) is 10.9 Å². The third-order valence-electron chi connectivity index (χ3n) is 7.62. The van der Waals surface area contributed by atoms with E-state index in [1.165, 1.54) is 12.1 Å². The van der Waals surface area contributed by atoms with E-state index in [2.05, 4.69) is 20.0 Å². The zero-order valence-electron chi connectivity index (χ0n) is 21.9. The Morgan fingerprint density at radius 3 is 2.49 bits per heavy atom. The highest BCUT2D eigenvalue weighted by Gasteiger charge is 2.41. The molecule has 2 unspecified atom stereocenters. The molecule has 204 valence electrons. The zero-order chi connectivity index (χ0) is 27.5. The van der Waals surface area contributed by atoms with Gasteiger partial charge in [-0.2, -0.15) is 4.72 Å². The van der Waals surface area contributed by atoms with Gasteiger partial charge in [-0.3, -0.25) is 9.78 Å². The molecule has 0 bridgehead atoms. The van der Waals surface area contributed by atoms with Crippen molar-refractivity contribution in [2.24, 2.45) is 5.92 Å². The second kappa shape index (κ2) is 11.3. The van der Waals surface area contributed by atoms with Gasteiger partial charge in [-0.05, 0) is 73.7 Å². The number of rotatable bonds is 9. The highest BCUT2D eigenvalue weighted by molar-refractivity contribution is 7.89. The van der Waals surface area contributed by atoms with Crippen LogP contribution in [-0.2, 0) is 21.2 Å². The van der Waals surface area contributed by atoms with Gasteiger partial charge in [0.2, 0.25) is 15.9 Å². The van der Waals surface area contributed by atoms with E-state index in [-0.39, 0.29) is 23.3 Å². The van der Waals surface area contributed by atoms with Crippen molar-refractivity contribution in [3.05, 3.63) is 96.2 Å². The molecule has 9 heteroatoms. The Labute approximate surface area is 228 Å².